The SMILES string of the molecule is COc1cccc([C@H](C)Nc2cc(=NC3CC3)n3nc/c(=C\c4[nH]c(=O)[nH]c4O)c3n2)c1. The van der Waals surface area contributed by atoms with Crippen molar-refractivity contribution in [3.05, 3.63) is 69.0 Å². The van der Waals surface area contributed by atoms with Crippen LogP contribution in [-0.4, -0.2) is 42.8 Å². The van der Waals surface area contributed by atoms with Crippen molar-refractivity contribution in [1.29, 1.82) is 0 Å². The van der Waals surface area contributed by atoms with E-state index in [-0.39, 0.29) is 17.6 Å². The summed E-state index contributed by atoms with van der Waals surface area (Å²) in [5.74, 6) is 1.20. The molecule has 10 heteroatoms. The number of hydrogen-bond donors (Lipinski definition) is 4. The summed E-state index contributed by atoms with van der Waals surface area (Å²) in [6, 6.07) is 10.0. The normalized spacial score (nSPS) is 15.9. The highest BCUT2D eigenvalue weighted by molar-refractivity contribution is 5.58. The first kappa shape index (κ1) is 19.9. The minimum Gasteiger partial charge on any atom is -0.497 e. The number of aromatic nitrogens is 5. The molecule has 1 saturated carbocycles. The molecule has 5 rings (SSSR count). The fourth-order valence-corrected chi connectivity index (χ4v) is 3.49. The van der Waals surface area contributed by atoms with E-state index in [4.69, 9.17) is 14.7 Å². The van der Waals surface area contributed by atoms with Gasteiger partial charge in [0.1, 0.15) is 17.3 Å². The number of benzene rings is 1. The lowest BCUT2D eigenvalue weighted by Gasteiger charge is -2.16. The van der Waals surface area contributed by atoms with Crippen LogP contribution >= 0.6 is 0 Å². The summed E-state index contributed by atoms with van der Waals surface area (Å²) in [5, 5.41) is 18.4. The van der Waals surface area contributed by atoms with Crippen molar-refractivity contribution in [1.82, 2.24) is 24.6 Å². The van der Waals surface area contributed by atoms with Gasteiger partial charge in [-0.25, -0.2) is 9.78 Å². The van der Waals surface area contributed by atoms with E-state index in [0.29, 0.717) is 28.2 Å². The standard InChI is InChI=1S/C22H23N7O3/c1-12(13-4-3-5-16(8-13)32-2)24-18-10-19(25-15-6-7-15)29-20(27-18)14(11-23-29)9-17-21(30)28-22(31)26-17/h3-5,8-12,15,24,30H,6-7H2,1-2H3,(H2,26,28,31)/b14-9+,25-19?/t12-/m0/s1. The van der Waals surface area contributed by atoms with Gasteiger partial charge in [0, 0.05) is 11.3 Å². The Hall–Kier alpha value is -4.08. The molecule has 1 aromatic carbocycles. The van der Waals surface area contributed by atoms with Gasteiger partial charge in [0.05, 0.1) is 25.4 Å². The first-order chi connectivity index (χ1) is 15.5. The number of fused-ring (bicyclic) bond motifs is 1. The predicted octanol–water partition coefficient (Wildman–Crippen LogP) is 1.24. The van der Waals surface area contributed by atoms with Gasteiger partial charge in [0.2, 0.25) is 5.88 Å². The van der Waals surface area contributed by atoms with Gasteiger partial charge in [-0.2, -0.15) is 9.61 Å². The molecule has 4 N–H and O–H groups in total. The number of methoxy groups -OCH3 is 1. The number of nitrogens with one attached hydrogen (secondary N) is 3. The Morgan fingerprint density at radius 1 is 1.34 bits per heavy atom. The van der Waals surface area contributed by atoms with Crippen molar-refractivity contribution in [3.8, 4) is 11.6 Å². The molecule has 3 heterocycles. The molecule has 1 atom stereocenters. The van der Waals surface area contributed by atoms with E-state index < -0.39 is 5.69 Å². The van der Waals surface area contributed by atoms with Crippen molar-refractivity contribution in [2.75, 3.05) is 12.4 Å². The number of hydrogen-bond acceptors (Lipinski definition) is 7. The zero-order valence-electron chi connectivity index (χ0n) is 17.7. The molecule has 3 aromatic heterocycles. The van der Waals surface area contributed by atoms with E-state index in [2.05, 4.69) is 20.4 Å². The van der Waals surface area contributed by atoms with Gasteiger partial charge in [0.15, 0.2) is 11.1 Å². The second-order valence-electron chi connectivity index (χ2n) is 7.82. The molecule has 1 fully saturated rings. The minimum atomic E-state index is -0.489. The number of anilines is 1. The molecule has 32 heavy (non-hydrogen) atoms. The maximum absolute atomic E-state index is 11.5. The second-order valence-corrected chi connectivity index (χ2v) is 7.82. The van der Waals surface area contributed by atoms with Gasteiger partial charge in [0.25, 0.3) is 0 Å². The highest BCUT2D eigenvalue weighted by Gasteiger charge is 2.20. The first-order valence-electron chi connectivity index (χ1n) is 10.4. The minimum absolute atomic E-state index is 0.0331. The average molecular weight is 433 g/mol. The maximum Gasteiger partial charge on any atom is 0.326 e. The van der Waals surface area contributed by atoms with Gasteiger partial charge >= 0.3 is 5.69 Å². The number of aromatic amines is 2. The summed E-state index contributed by atoms with van der Waals surface area (Å²) in [6.45, 7) is 2.05. The molecule has 164 valence electrons. The molecule has 0 saturated heterocycles. The summed E-state index contributed by atoms with van der Waals surface area (Å²) in [7, 11) is 1.64. The third-order valence-corrected chi connectivity index (χ3v) is 5.34. The monoisotopic (exact) mass is 433 g/mol. The molecular weight excluding hydrogens is 410 g/mol. The number of aromatic hydroxyl groups is 1. The fraction of sp³-hybridized carbons (Fsp3) is 0.273. The van der Waals surface area contributed by atoms with Crippen LogP contribution in [0.5, 0.6) is 11.6 Å². The van der Waals surface area contributed by atoms with Gasteiger partial charge in [-0.05, 0) is 43.5 Å². The topological polar surface area (TPSA) is 133 Å². The van der Waals surface area contributed by atoms with Gasteiger partial charge < -0.3 is 20.1 Å². The first-order valence-corrected chi connectivity index (χ1v) is 10.4. The van der Waals surface area contributed by atoms with Crippen LogP contribution in [0.1, 0.15) is 37.1 Å². The van der Waals surface area contributed by atoms with Crippen LogP contribution in [0.4, 0.5) is 5.82 Å². The lowest BCUT2D eigenvalue weighted by atomic mass is 10.1. The third-order valence-electron chi connectivity index (χ3n) is 5.34. The Balaban J connectivity index is 1.60. The molecule has 1 aliphatic carbocycles. The van der Waals surface area contributed by atoms with Gasteiger partial charge in [-0.3, -0.25) is 9.98 Å². The van der Waals surface area contributed by atoms with Crippen molar-refractivity contribution in [3.63, 3.8) is 0 Å². The fourth-order valence-electron chi connectivity index (χ4n) is 3.49. The summed E-state index contributed by atoms with van der Waals surface area (Å²) < 4.78 is 7.01. The highest BCUT2D eigenvalue weighted by atomic mass is 16.5. The van der Waals surface area contributed by atoms with Crippen molar-refractivity contribution in [2.45, 2.75) is 31.8 Å². The number of ether oxygens (including phenoxy) is 1. The largest absolute Gasteiger partial charge is 0.497 e. The molecule has 0 aliphatic heterocycles. The van der Waals surface area contributed by atoms with E-state index in [9.17, 15) is 9.90 Å². The number of H-pyrrole nitrogens is 2. The lowest BCUT2D eigenvalue weighted by Crippen LogP contribution is -2.21. The average Bonchev–Trinajstić information content (AvgIpc) is 3.42. The summed E-state index contributed by atoms with van der Waals surface area (Å²) in [6.07, 6.45) is 5.38. The molecule has 0 bridgehead atoms. The molecule has 0 amide bonds. The van der Waals surface area contributed by atoms with Crippen LogP contribution in [0.15, 0.2) is 46.3 Å². The molecular formula is C22H23N7O3. The number of imidazole rings is 1. The second kappa shape index (κ2) is 7.88. The van der Waals surface area contributed by atoms with Crippen molar-refractivity contribution in [2.24, 2.45) is 4.99 Å². The van der Waals surface area contributed by atoms with Crippen LogP contribution in [-0.2, 0) is 0 Å². The van der Waals surface area contributed by atoms with Crippen molar-refractivity contribution >= 4 is 17.5 Å². The van der Waals surface area contributed by atoms with E-state index in [1.165, 1.54) is 0 Å². The highest BCUT2D eigenvalue weighted by Crippen LogP contribution is 2.23. The van der Waals surface area contributed by atoms with E-state index in [1.54, 1.807) is 23.9 Å². The zero-order chi connectivity index (χ0) is 22.2. The van der Waals surface area contributed by atoms with Gasteiger partial charge in [-0.1, -0.05) is 12.1 Å². The molecule has 1 aliphatic rings. The summed E-state index contributed by atoms with van der Waals surface area (Å²) in [5.41, 5.74) is 2.09. The van der Waals surface area contributed by atoms with Crippen molar-refractivity contribution < 1.29 is 9.84 Å². The molecule has 0 radical (unpaired) electrons. The van der Waals surface area contributed by atoms with Crippen LogP contribution in [0.2, 0.25) is 0 Å². The third kappa shape index (κ3) is 3.94. The van der Waals surface area contributed by atoms with Crippen LogP contribution in [0.25, 0.3) is 11.7 Å². The maximum atomic E-state index is 11.5. The smallest absolute Gasteiger partial charge is 0.326 e. The Morgan fingerprint density at radius 3 is 2.91 bits per heavy atom. The van der Waals surface area contributed by atoms with Crippen LogP contribution < -0.4 is 26.4 Å². The zero-order valence-corrected chi connectivity index (χ0v) is 17.7. The Labute approximate surface area is 182 Å². The van der Waals surface area contributed by atoms with E-state index in [1.807, 2.05) is 37.3 Å². The Bertz CT molecular complexity index is 1460. The summed E-state index contributed by atoms with van der Waals surface area (Å²) >= 11 is 0. The molecule has 0 spiro atoms. The lowest BCUT2D eigenvalue weighted by molar-refractivity contribution is 0.414. The van der Waals surface area contributed by atoms with Gasteiger partial charge in [-0.15, -0.1) is 0 Å². The van der Waals surface area contributed by atoms with Crippen LogP contribution in [0.3, 0.4) is 0 Å². The van der Waals surface area contributed by atoms with E-state index >= 15 is 0 Å². The number of rotatable bonds is 6. The Kier molecular flexibility index (Phi) is 4.89. The molecule has 0 unspecified atom stereocenters. The molecule has 4 aromatic rings. The van der Waals surface area contributed by atoms with E-state index in [0.717, 1.165) is 24.2 Å². The molecule has 10 nitrogen and oxygen atoms in total. The summed E-state index contributed by atoms with van der Waals surface area (Å²) in [4.78, 5) is 25.9. The quantitative estimate of drug-likeness (QED) is 0.362. The predicted molar refractivity (Wildman–Crippen MR) is 118 cm³/mol. The number of nitrogens with zero attached hydrogens (tertiary/aromatic N) is 4. The van der Waals surface area contributed by atoms with Crippen LogP contribution in [0, 0.1) is 0 Å². The Morgan fingerprint density at radius 2 is 2.19 bits per heavy atom.